The minimum Gasteiger partial charge on any atom is -0.342 e. The van der Waals surface area contributed by atoms with Crippen LogP contribution in [0.3, 0.4) is 0 Å². The minimum absolute atomic E-state index is 0.0664. The number of nitrogens with one attached hydrogen (secondary N) is 1. The molecule has 0 heterocycles. The third-order valence-corrected chi connectivity index (χ3v) is 6.21. The fourth-order valence-electron chi connectivity index (χ4n) is 3.04. The largest absolute Gasteiger partial charge is 0.416 e. The zero-order valence-electron chi connectivity index (χ0n) is 14.7. The van der Waals surface area contributed by atoms with E-state index in [2.05, 4.69) is 11.6 Å². The number of amides is 1. The van der Waals surface area contributed by atoms with Crippen LogP contribution in [0.1, 0.15) is 38.2 Å². The first-order chi connectivity index (χ1) is 12.0. The molecule has 1 aromatic rings. The number of carbonyl (C=O) groups is 1. The number of halogens is 3. The number of hydrogen-bond donors (Lipinski definition) is 1. The summed E-state index contributed by atoms with van der Waals surface area (Å²) in [5.41, 5.74) is -1.06. The minimum atomic E-state index is -4.64. The van der Waals surface area contributed by atoms with E-state index in [1.165, 1.54) is 4.90 Å². The summed E-state index contributed by atoms with van der Waals surface area (Å²) >= 11 is 0. The Morgan fingerprint density at radius 1 is 1.23 bits per heavy atom. The smallest absolute Gasteiger partial charge is 0.342 e. The molecule has 146 valence electrons. The second kappa shape index (κ2) is 7.96. The highest BCUT2D eigenvalue weighted by molar-refractivity contribution is 7.89. The Morgan fingerprint density at radius 3 is 2.42 bits per heavy atom. The van der Waals surface area contributed by atoms with Crippen molar-refractivity contribution < 1.29 is 26.4 Å². The van der Waals surface area contributed by atoms with Crippen LogP contribution in [0.4, 0.5) is 13.2 Å². The summed E-state index contributed by atoms with van der Waals surface area (Å²) in [7, 11) is -2.58. The van der Waals surface area contributed by atoms with Gasteiger partial charge in [0.15, 0.2) is 0 Å². The van der Waals surface area contributed by atoms with E-state index in [1.54, 1.807) is 7.05 Å². The van der Waals surface area contributed by atoms with Crippen molar-refractivity contribution >= 4 is 15.9 Å². The van der Waals surface area contributed by atoms with Crippen molar-refractivity contribution in [1.29, 1.82) is 0 Å². The van der Waals surface area contributed by atoms with Crippen LogP contribution in [-0.4, -0.2) is 38.9 Å². The van der Waals surface area contributed by atoms with Gasteiger partial charge < -0.3 is 4.90 Å². The van der Waals surface area contributed by atoms with E-state index in [0.29, 0.717) is 12.0 Å². The highest BCUT2D eigenvalue weighted by Crippen LogP contribution is 2.30. The summed E-state index contributed by atoms with van der Waals surface area (Å²) in [4.78, 5) is 13.3. The maximum atomic E-state index is 12.7. The topological polar surface area (TPSA) is 66.5 Å². The van der Waals surface area contributed by atoms with Crippen LogP contribution in [0.25, 0.3) is 0 Å². The number of benzene rings is 1. The second-order valence-electron chi connectivity index (χ2n) is 6.77. The van der Waals surface area contributed by atoms with Gasteiger partial charge in [-0.3, -0.25) is 4.79 Å². The molecule has 1 aromatic carbocycles. The van der Waals surface area contributed by atoms with E-state index in [4.69, 9.17) is 0 Å². The average Bonchev–Trinajstić information content (AvgIpc) is 2.59. The molecule has 0 aromatic heterocycles. The van der Waals surface area contributed by atoms with Gasteiger partial charge in [0.1, 0.15) is 0 Å². The van der Waals surface area contributed by atoms with Crippen LogP contribution >= 0.6 is 0 Å². The Morgan fingerprint density at radius 2 is 1.85 bits per heavy atom. The lowest BCUT2D eigenvalue weighted by Crippen LogP contribution is -2.44. The Bertz CT molecular complexity index is 742. The fourth-order valence-corrected chi connectivity index (χ4v) is 4.06. The van der Waals surface area contributed by atoms with Crippen LogP contribution < -0.4 is 4.72 Å². The van der Waals surface area contributed by atoms with Gasteiger partial charge in [-0.2, -0.15) is 13.2 Å². The van der Waals surface area contributed by atoms with Crippen molar-refractivity contribution in [2.24, 2.45) is 5.92 Å². The van der Waals surface area contributed by atoms with Crippen molar-refractivity contribution in [2.75, 3.05) is 13.6 Å². The van der Waals surface area contributed by atoms with Crippen molar-refractivity contribution in [2.45, 2.75) is 49.7 Å². The van der Waals surface area contributed by atoms with Crippen LogP contribution in [-0.2, 0) is 21.0 Å². The molecule has 5 nitrogen and oxygen atoms in total. The lowest BCUT2D eigenvalue weighted by atomic mass is 9.87. The number of nitrogens with zero attached hydrogens (tertiary/aromatic N) is 1. The number of sulfonamides is 1. The Kier molecular flexibility index (Phi) is 6.33. The van der Waals surface area contributed by atoms with Gasteiger partial charge in [-0.25, -0.2) is 13.1 Å². The summed E-state index contributed by atoms with van der Waals surface area (Å²) in [5, 5.41) is 0. The van der Waals surface area contributed by atoms with Gasteiger partial charge in [0.25, 0.3) is 0 Å². The Balaban J connectivity index is 2.00. The molecule has 1 aliphatic rings. The molecular formula is C17H23F3N2O3S. The zero-order valence-corrected chi connectivity index (χ0v) is 15.5. The van der Waals surface area contributed by atoms with Crippen molar-refractivity contribution in [1.82, 2.24) is 9.62 Å². The molecule has 26 heavy (non-hydrogen) atoms. The monoisotopic (exact) mass is 392 g/mol. The maximum Gasteiger partial charge on any atom is 0.416 e. The first-order valence-corrected chi connectivity index (χ1v) is 9.91. The molecule has 1 aliphatic carbocycles. The lowest BCUT2D eigenvalue weighted by Gasteiger charge is -2.33. The van der Waals surface area contributed by atoms with Gasteiger partial charge in [0.2, 0.25) is 15.9 Å². The molecule has 0 spiro atoms. The predicted molar refractivity (Wildman–Crippen MR) is 90.8 cm³/mol. The first-order valence-electron chi connectivity index (χ1n) is 8.43. The normalized spacial score (nSPS) is 21.4. The van der Waals surface area contributed by atoms with Crippen LogP contribution in [0, 0.1) is 5.92 Å². The van der Waals surface area contributed by atoms with Gasteiger partial charge in [-0.1, -0.05) is 13.0 Å². The van der Waals surface area contributed by atoms with Crippen LogP contribution in [0.15, 0.2) is 29.2 Å². The van der Waals surface area contributed by atoms with Crippen molar-refractivity contribution in [3.63, 3.8) is 0 Å². The van der Waals surface area contributed by atoms with E-state index in [-0.39, 0.29) is 6.04 Å². The molecule has 1 saturated carbocycles. The summed E-state index contributed by atoms with van der Waals surface area (Å²) in [6.07, 6.45) is -0.885. The number of likely N-dealkylation sites (N-methyl/N-ethyl adjacent to an activating group) is 1. The van der Waals surface area contributed by atoms with Gasteiger partial charge in [-0.15, -0.1) is 0 Å². The molecular weight excluding hydrogens is 369 g/mol. The van der Waals surface area contributed by atoms with Crippen LogP contribution in [0.5, 0.6) is 0 Å². The number of alkyl halides is 3. The van der Waals surface area contributed by atoms with E-state index >= 15 is 0 Å². The van der Waals surface area contributed by atoms with Crippen molar-refractivity contribution in [3.05, 3.63) is 29.8 Å². The summed E-state index contributed by atoms with van der Waals surface area (Å²) in [6, 6.07) is 3.50. The third-order valence-electron chi connectivity index (χ3n) is 4.81. The molecule has 0 aliphatic heterocycles. The van der Waals surface area contributed by atoms with E-state index < -0.39 is 39.1 Å². The van der Waals surface area contributed by atoms with Gasteiger partial charge >= 0.3 is 6.18 Å². The number of carbonyl (C=O) groups excluding carboxylic acids is 1. The van der Waals surface area contributed by atoms with Crippen LogP contribution in [0.2, 0.25) is 0 Å². The number of rotatable bonds is 5. The Hall–Kier alpha value is -1.61. The summed E-state index contributed by atoms with van der Waals surface area (Å²) in [6.45, 7) is 1.67. The standard InChI is InChI=1S/C17H23F3N2O3S/c1-12-6-8-14(9-7-12)22(2)16(23)11-21-26(24,25)15-5-3-4-13(10-15)17(18,19)20/h3-5,10,12,14,21H,6-9,11H2,1-2H3. The van der Waals surface area contributed by atoms with Gasteiger partial charge in [0.05, 0.1) is 17.0 Å². The second-order valence-corrected chi connectivity index (χ2v) is 8.54. The van der Waals surface area contributed by atoms with Gasteiger partial charge in [0, 0.05) is 13.1 Å². The van der Waals surface area contributed by atoms with Gasteiger partial charge in [-0.05, 0) is 49.8 Å². The highest BCUT2D eigenvalue weighted by Gasteiger charge is 2.32. The molecule has 1 fully saturated rings. The zero-order chi connectivity index (χ0) is 19.5. The molecule has 2 rings (SSSR count). The highest BCUT2D eigenvalue weighted by atomic mass is 32.2. The molecule has 1 N–H and O–H groups in total. The lowest BCUT2D eigenvalue weighted by molar-refractivity contribution is -0.137. The molecule has 0 unspecified atom stereocenters. The van der Waals surface area contributed by atoms with E-state index in [0.717, 1.165) is 43.9 Å². The van der Waals surface area contributed by atoms with Crippen molar-refractivity contribution in [3.8, 4) is 0 Å². The first kappa shape index (κ1) is 20.7. The molecule has 0 bridgehead atoms. The number of hydrogen-bond acceptors (Lipinski definition) is 3. The summed E-state index contributed by atoms with van der Waals surface area (Å²) < 4.78 is 64.7. The third kappa shape index (κ3) is 5.20. The molecule has 0 radical (unpaired) electrons. The van der Waals surface area contributed by atoms with E-state index in [1.807, 2.05) is 0 Å². The molecule has 1 amide bonds. The maximum absolute atomic E-state index is 12.7. The molecule has 0 atom stereocenters. The molecule has 0 saturated heterocycles. The predicted octanol–water partition coefficient (Wildman–Crippen LogP) is 3.02. The Labute approximate surface area is 151 Å². The quantitative estimate of drug-likeness (QED) is 0.838. The molecule has 9 heteroatoms. The summed E-state index contributed by atoms with van der Waals surface area (Å²) in [5.74, 6) is 0.217. The SMILES string of the molecule is CC1CCC(N(C)C(=O)CNS(=O)(=O)c2cccc(C(F)(F)F)c2)CC1. The average molecular weight is 392 g/mol. The fraction of sp³-hybridized carbons (Fsp3) is 0.588. The van der Waals surface area contributed by atoms with E-state index in [9.17, 15) is 26.4 Å².